The minimum atomic E-state index is 0.305. The van der Waals surface area contributed by atoms with Crippen molar-refractivity contribution in [1.82, 2.24) is 4.57 Å². The van der Waals surface area contributed by atoms with Gasteiger partial charge in [-0.1, -0.05) is 6.92 Å². The number of hydrogen-bond donors (Lipinski definition) is 0. The van der Waals surface area contributed by atoms with E-state index in [0.717, 1.165) is 0 Å². The third-order valence-corrected chi connectivity index (χ3v) is 9.53. The Morgan fingerprint density at radius 3 is 2.43 bits per heavy atom. The largest absolute Gasteiger partial charge is 0.334 e. The average molecular weight is 245 g/mol. The van der Waals surface area contributed by atoms with Crippen molar-refractivity contribution in [3.63, 3.8) is 0 Å². The molecule has 0 fully saturated rings. The molecule has 0 aromatic rings. The van der Waals surface area contributed by atoms with Crippen LogP contribution >= 0.6 is 21.8 Å². The maximum atomic E-state index is 2.58. The van der Waals surface area contributed by atoms with Gasteiger partial charge in [-0.15, -0.1) is 21.8 Å². The van der Waals surface area contributed by atoms with Gasteiger partial charge in [0.2, 0.25) is 0 Å². The second-order valence-electron chi connectivity index (χ2n) is 1.58. The van der Waals surface area contributed by atoms with E-state index in [1.54, 1.807) is 0 Å². The summed E-state index contributed by atoms with van der Waals surface area (Å²) in [5.74, 6) is 0. The summed E-state index contributed by atoms with van der Waals surface area (Å²) in [4.78, 5) is 0. The Bertz CT molecular complexity index is 43.9. The molecule has 0 aromatic heterocycles. The van der Waals surface area contributed by atoms with E-state index in [9.17, 15) is 0 Å². The van der Waals surface area contributed by atoms with Crippen LogP contribution in [0.3, 0.4) is 0 Å². The molecular formula is C3H12INSi2. The summed E-state index contributed by atoms with van der Waals surface area (Å²) in [5.41, 5.74) is 0. The Balaban J connectivity index is 2.83. The number of hydrogen-bond acceptors (Lipinski definition) is 1. The van der Waals surface area contributed by atoms with Crippen LogP contribution in [0.2, 0.25) is 0 Å². The van der Waals surface area contributed by atoms with Crippen LogP contribution in [0, 0.1) is 0 Å². The summed E-state index contributed by atoms with van der Waals surface area (Å²) in [6.07, 6.45) is 0. The highest BCUT2D eigenvalue weighted by Gasteiger charge is 1.89. The predicted molar refractivity (Wildman–Crippen MR) is 49.4 cm³/mol. The van der Waals surface area contributed by atoms with Gasteiger partial charge in [-0.2, -0.15) is 0 Å². The SMILES string of the molecule is CCN(C)[SiH2][SiH2]I. The van der Waals surface area contributed by atoms with E-state index in [0.29, 0.717) is 15.7 Å². The topological polar surface area (TPSA) is 3.24 Å². The first-order chi connectivity index (χ1) is 3.31. The van der Waals surface area contributed by atoms with Gasteiger partial charge in [0, 0.05) is 0 Å². The Kier molecular flexibility index (Phi) is 6.11. The van der Waals surface area contributed by atoms with Gasteiger partial charge in [0.25, 0.3) is 0 Å². The summed E-state index contributed by atoms with van der Waals surface area (Å²) in [6.45, 7) is 3.89. The minimum absolute atomic E-state index is 0.305. The first kappa shape index (κ1) is 8.12. The molecule has 0 saturated heterocycles. The van der Waals surface area contributed by atoms with Gasteiger partial charge in [-0.25, -0.2) is 0 Å². The van der Waals surface area contributed by atoms with Crippen LogP contribution in [0.4, 0.5) is 0 Å². The van der Waals surface area contributed by atoms with Gasteiger partial charge in [-0.3, -0.25) is 0 Å². The summed E-state index contributed by atoms with van der Waals surface area (Å²) >= 11 is 2.58. The molecule has 0 radical (unpaired) electrons. The predicted octanol–water partition coefficient (Wildman–Crippen LogP) is -0.544. The lowest BCUT2D eigenvalue weighted by molar-refractivity contribution is 0.577. The fraction of sp³-hybridized carbons (Fsp3) is 1.00. The van der Waals surface area contributed by atoms with E-state index in [-0.39, 0.29) is 0 Å². The molecule has 0 aliphatic carbocycles. The maximum absolute atomic E-state index is 2.58. The second kappa shape index (κ2) is 5.26. The van der Waals surface area contributed by atoms with E-state index >= 15 is 0 Å². The normalized spacial score (nSPS) is 13.7. The average Bonchev–Trinajstić information content (AvgIpc) is 1.68. The molecule has 0 atom stereocenters. The zero-order chi connectivity index (χ0) is 5.70. The van der Waals surface area contributed by atoms with Crippen LogP contribution in [-0.2, 0) is 0 Å². The zero-order valence-electron chi connectivity index (χ0n) is 4.95. The molecule has 0 amide bonds. The molecule has 0 saturated carbocycles. The van der Waals surface area contributed by atoms with Crippen molar-refractivity contribution in [3.8, 4) is 0 Å². The highest BCUT2D eigenvalue weighted by molar-refractivity contribution is 14.1. The minimum Gasteiger partial charge on any atom is -0.334 e. The highest BCUT2D eigenvalue weighted by Crippen LogP contribution is 1.78. The first-order valence-corrected chi connectivity index (χ1v) is 12.3. The van der Waals surface area contributed by atoms with Gasteiger partial charge in [0.1, 0.15) is 0 Å². The monoisotopic (exact) mass is 245 g/mol. The molecule has 0 bridgehead atoms. The summed E-state index contributed by atoms with van der Waals surface area (Å²) < 4.78 is 2.50. The van der Waals surface area contributed by atoms with Gasteiger partial charge in [-0.05, 0) is 13.6 Å². The molecule has 1 nitrogen and oxygen atoms in total. The lowest BCUT2D eigenvalue weighted by Crippen LogP contribution is -2.24. The lowest BCUT2D eigenvalue weighted by atomic mass is 10.8. The van der Waals surface area contributed by atoms with E-state index in [1.165, 1.54) is 6.54 Å². The van der Waals surface area contributed by atoms with Crippen molar-refractivity contribution < 1.29 is 0 Å². The second-order valence-corrected chi connectivity index (χ2v) is 15.7. The van der Waals surface area contributed by atoms with Crippen LogP contribution in [0.5, 0.6) is 0 Å². The van der Waals surface area contributed by atoms with Crippen LogP contribution < -0.4 is 0 Å². The summed E-state index contributed by atoms with van der Waals surface area (Å²) in [6, 6.07) is 0. The van der Waals surface area contributed by atoms with Crippen molar-refractivity contribution in [2.75, 3.05) is 13.6 Å². The Morgan fingerprint density at radius 1 is 1.71 bits per heavy atom. The fourth-order valence-corrected chi connectivity index (χ4v) is 10.1. The van der Waals surface area contributed by atoms with Gasteiger partial charge < -0.3 is 4.57 Å². The molecule has 44 valence electrons. The van der Waals surface area contributed by atoms with Crippen LogP contribution in [-0.4, -0.2) is 33.9 Å². The first-order valence-electron chi connectivity index (χ1n) is 2.55. The van der Waals surface area contributed by atoms with Crippen molar-refractivity contribution in [2.45, 2.75) is 6.92 Å². The molecule has 0 aromatic carbocycles. The lowest BCUT2D eigenvalue weighted by Gasteiger charge is -2.08. The number of nitrogens with zero attached hydrogens (tertiary/aromatic N) is 1. The van der Waals surface area contributed by atoms with E-state index < -0.39 is 0 Å². The molecule has 4 heteroatoms. The third-order valence-electron chi connectivity index (χ3n) is 1.01. The van der Waals surface area contributed by atoms with Gasteiger partial charge >= 0.3 is 0 Å². The van der Waals surface area contributed by atoms with E-state index in [1.807, 2.05) is 0 Å². The third kappa shape index (κ3) is 4.99. The number of rotatable bonds is 3. The summed E-state index contributed by atoms with van der Waals surface area (Å²) in [5, 5.41) is 0. The van der Waals surface area contributed by atoms with E-state index in [2.05, 4.69) is 40.3 Å². The van der Waals surface area contributed by atoms with Crippen molar-refractivity contribution >= 4 is 37.5 Å². The molecule has 0 rings (SSSR count). The Morgan fingerprint density at radius 2 is 2.29 bits per heavy atom. The van der Waals surface area contributed by atoms with E-state index in [4.69, 9.17) is 0 Å². The summed E-state index contributed by atoms with van der Waals surface area (Å²) in [7, 11) is 2.54. The molecule has 0 unspecified atom stereocenters. The standard InChI is InChI=1S/C3H12INSi2/c1-3-5(2)7-6-4/h3,6-7H2,1-2H3. The van der Waals surface area contributed by atoms with Crippen LogP contribution in [0.15, 0.2) is 0 Å². The molecule has 0 N–H and O–H groups in total. The van der Waals surface area contributed by atoms with Crippen molar-refractivity contribution in [1.29, 1.82) is 0 Å². The smallest absolute Gasteiger partial charge is 0.0973 e. The van der Waals surface area contributed by atoms with Gasteiger partial charge in [0.15, 0.2) is 0 Å². The van der Waals surface area contributed by atoms with Crippen molar-refractivity contribution in [2.24, 2.45) is 0 Å². The maximum Gasteiger partial charge on any atom is 0.0973 e. The molecule has 0 aliphatic heterocycles. The molecule has 7 heavy (non-hydrogen) atoms. The van der Waals surface area contributed by atoms with Crippen LogP contribution in [0.1, 0.15) is 6.92 Å². The Hall–Kier alpha value is 1.12. The number of halogens is 1. The Labute approximate surface area is 62.6 Å². The zero-order valence-corrected chi connectivity index (χ0v) is 9.93. The fourth-order valence-electron chi connectivity index (χ4n) is 0.302. The molecular weight excluding hydrogens is 233 g/mol. The molecule has 0 spiro atoms. The quantitative estimate of drug-likeness (QED) is 0.366. The van der Waals surface area contributed by atoms with Crippen LogP contribution in [0.25, 0.3) is 0 Å². The highest BCUT2D eigenvalue weighted by atomic mass is 127. The van der Waals surface area contributed by atoms with Crippen molar-refractivity contribution in [3.05, 3.63) is 0 Å². The molecule has 0 aliphatic rings. The molecule has 0 heterocycles. The van der Waals surface area contributed by atoms with Gasteiger partial charge in [0.05, 0.1) is 15.7 Å².